The quantitative estimate of drug-likeness (QED) is 0.459. The summed E-state index contributed by atoms with van der Waals surface area (Å²) in [6.45, 7) is 2.92. The number of thioether (sulfide) groups is 1. The van der Waals surface area contributed by atoms with E-state index in [1.807, 2.05) is 17.1 Å². The Morgan fingerprint density at radius 2 is 2.47 bits per heavy atom. The normalized spacial score (nSPS) is 12.8. The van der Waals surface area contributed by atoms with E-state index in [0.717, 1.165) is 18.0 Å². The maximum Gasteiger partial charge on any atom is 0.294 e. The van der Waals surface area contributed by atoms with Crippen LogP contribution in [0.2, 0.25) is 0 Å². The average molecular weight is 274 g/mol. The second kappa shape index (κ2) is 6.95. The predicted molar refractivity (Wildman–Crippen MR) is 73.1 cm³/mol. The van der Waals surface area contributed by atoms with Gasteiger partial charge in [-0.15, -0.1) is 11.3 Å². The molecule has 0 saturated heterocycles. The summed E-state index contributed by atoms with van der Waals surface area (Å²) in [6, 6.07) is 0.485. The summed E-state index contributed by atoms with van der Waals surface area (Å²) < 4.78 is 0. The van der Waals surface area contributed by atoms with Crippen LogP contribution < -0.4 is 11.3 Å². The molecule has 0 aromatic carbocycles. The van der Waals surface area contributed by atoms with Crippen LogP contribution in [0.1, 0.15) is 22.4 Å². The standard InChI is InChI=1S/C10H18N4OS2/c1-7(5-16-3)14(2)4-8-6-17-10(12-8)9(15)13-11/h6-7H,4-5,11H2,1-3H3,(H,13,15). The number of nitrogen functional groups attached to an aromatic ring is 1. The van der Waals surface area contributed by atoms with E-state index in [2.05, 4.69) is 35.5 Å². The number of thiazole rings is 1. The molecule has 0 aliphatic rings. The van der Waals surface area contributed by atoms with Crippen molar-refractivity contribution in [2.24, 2.45) is 5.84 Å². The van der Waals surface area contributed by atoms with Crippen LogP contribution in [0.25, 0.3) is 0 Å². The summed E-state index contributed by atoms with van der Waals surface area (Å²) in [5.41, 5.74) is 2.99. The fraction of sp³-hybridized carbons (Fsp3) is 0.600. The monoisotopic (exact) mass is 274 g/mol. The molecule has 96 valence electrons. The minimum absolute atomic E-state index is 0.332. The van der Waals surface area contributed by atoms with E-state index in [0.29, 0.717) is 11.0 Å². The highest BCUT2D eigenvalue weighted by Gasteiger charge is 2.13. The van der Waals surface area contributed by atoms with Gasteiger partial charge in [0.1, 0.15) is 0 Å². The van der Waals surface area contributed by atoms with Crippen molar-refractivity contribution in [2.75, 3.05) is 19.1 Å². The van der Waals surface area contributed by atoms with Crippen molar-refractivity contribution in [1.29, 1.82) is 0 Å². The highest BCUT2D eigenvalue weighted by molar-refractivity contribution is 7.98. The average Bonchev–Trinajstić information content (AvgIpc) is 2.76. The van der Waals surface area contributed by atoms with Crippen molar-refractivity contribution in [3.05, 3.63) is 16.1 Å². The van der Waals surface area contributed by atoms with Gasteiger partial charge in [0.15, 0.2) is 5.01 Å². The molecule has 17 heavy (non-hydrogen) atoms. The van der Waals surface area contributed by atoms with E-state index in [-0.39, 0.29) is 5.91 Å². The zero-order valence-corrected chi connectivity index (χ0v) is 11.9. The number of carbonyl (C=O) groups excluding carboxylic acids is 1. The van der Waals surface area contributed by atoms with Crippen LogP contribution in [0, 0.1) is 0 Å². The molecule has 1 unspecified atom stereocenters. The molecule has 0 spiro atoms. The molecule has 0 saturated carbocycles. The number of amides is 1. The molecule has 0 aliphatic heterocycles. The molecule has 1 aromatic rings. The second-order valence-electron chi connectivity index (χ2n) is 3.84. The van der Waals surface area contributed by atoms with Gasteiger partial charge in [-0.1, -0.05) is 0 Å². The lowest BCUT2D eigenvalue weighted by molar-refractivity contribution is 0.0953. The number of nitrogens with one attached hydrogen (secondary N) is 1. The van der Waals surface area contributed by atoms with E-state index < -0.39 is 0 Å². The molecule has 0 bridgehead atoms. The zero-order chi connectivity index (χ0) is 12.8. The Hall–Kier alpha value is -0.630. The highest BCUT2D eigenvalue weighted by Crippen LogP contribution is 2.13. The molecular formula is C10H18N4OS2. The Labute approximate surface area is 110 Å². The van der Waals surface area contributed by atoms with Gasteiger partial charge in [-0.2, -0.15) is 11.8 Å². The summed E-state index contributed by atoms with van der Waals surface area (Å²) >= 11 is 3.14. The Bertz CT molecular complexity index is 369. The lowest BCUT2D eigenvalue weighted by atomic mass is 10.3. The lowest BCUT2D eigenvalue weighted by Gasteiger charge is -2.22. The number of nitrogens with zero attached hydrogens (tertiary/aromatic N) is 2. The second-order valence-corrected chi connectivity index (χ2v) is 5.61. The summed E-state index contributed by atoms with van der Waals surface area (Å²) in [4.78, 5) is 17.7. The van der Waals surface area contributed by atoms with Crippen molar-refractivity contribution in [3.8, 4) is 0 Å². The molecule has 5 nitrogen and oxygen atoms in total. The molecular weight excluding hydrogens is 256 g/mol. The number of aromatic nitrogens is 1. The Morgan fingerprint density at radius 3 is 3.06 bits per heavy atom. The SMILES string of the molecule is CSCC(C)N(C)Cc1csc(C(=O)NN)n1. The molecule has 0 aliphatic carbocycles. The maximum atomic E-state index is 11.2. The van der Waals surface area contributed by atoms with Gasteiger partial charge < -0.3 is 0 Å². The van der Waals surface area contributed by atoms with Crippen molar-refractivity contribution < 1.29 is 4.79 Å². The number of carbonyl (C=O) groups is 1. The first-order chi connectivity index (χ1) is 8.08. The number of nitrogens with two attached hydrogens (primary N) is 1. The summed E-state index contributed by atoms with van der Waals surface area (Å²) in [5.74, 6) is 5.80. The minimum atomic E-state index is -0.332. The molecule has 1 aromatic heterocycles. The fourth-order valence-electron chi connectivity index (χ4n) is 1.33. The van der Waals surface area contributed by atoms with Gasteiger partial charge in [0.05, 0.1) is 5.69 Å². The molecule has 7 heteroatoms. The van der Waals surface area contributed by atoms with Gasteiger partial charge in [-0.3, -0.25) is 15.1 Å². The number of rotatable bonds is 6. The fourth-order valence-corrected chi connectivity index (χ4v) is 2.77. The van der Waals surface area contributed by atoms with Gasteiger partial charge in [0, 0.05) is 23.7 Å². The largest absolute Gasteiger partial charge is 0.297 e. The summed E-state index contributed by atoms with van der Waals surface area (Å²) in [6.07, 6.45) is 2.09. The van der Waals surface area contributed by atoms with Crippen LogP contribution in [0.5, 0.6) is 0 Å². The van der Waals surface area contributed by atoms with E-state index in [9.17, 15) is 4.79 Å². The molecule has 1 rings (SSSR count). The van der Waals surface area contributed by atoms with Crippen molar-refractivity contribution in [1.82, 2.24) is 15.3 Å². The van der Waals surface area contributed by atoms with Crippen molar-refractivity contribution in [2.45, 2.75) is 19.5 Å². The number of hydrogen-bond donors (Lipinski definition) is 2. The van der Waals surface area contributed by atoms with E-state index in [4.69, 9.17) is 5.84 Å². The summed E-state index contributed by atoms with van der Waals surface area (Å²) in [5, 5.41) is 2.31. The van der Waals surface area contributed by atoms with Gasteiger partial charge in [0.2, 0.25) is 0 Å². The van der Waals surface area contributed by atoms with Crippen molar-refractivity contribution >= 4 is 29.0 Å². The van der Waals surface area contributed by atoms with Crippen LogP contribution in [-0.4, -0.2) is 40.9 Å². The Morgan fingerprint density at radius 1 is 1.76 bits per heavy atom. The van der Waals surface area contributed by atoms with Crippen LogP contribution in [0.4, 0.5) is 0 Å². The highest BCUT2D eigenvalue weighted by atomic mass is 32.2. The van der Waals surface area contributed by atoms with Crippen LogP contribution >= 0.6 is 23.1 Å². The molecule has 1 amide bonds. The Balaban J connectivity index is 2.57. The van der Waals surface area contributed by atoms with Gasteiger partial charge >= 0.3 is 0 Å². The molecule has 0 fully saturated rings. The number of hydrazine groups is 1. The topological polar surface area (TPSA) is 71.2 Å². The number of hydrogen-bond acceptors (Lipinski definition) is 6. The van der Waals surface area contributed by atoms with E-state index >= 15 is 0 Å². The first kappa shape index (κ1) is 14.4. The van der Waals surface area contributed by atoms with Gasteiger partial charge in [-0.05, 0) is 20.2 Å². The first-order valence-electron chi connectivity index (χ1n) is 5.23. The maximum absolute atomic E-state index is 11.2. The third kappa shape index (κ3) is 4.27. The van der Waals surface area contributed by atoms with Crippen LogP contribution in [-0.2, 0) is 6.54 Å². The van der Waals surface area contributed by atoms with E-state index in [1.165, 1.54) is 11.3 Å². The summed E-state index contributed by atoms with van der Waals surface area (Å²) in [7, 11) is 2.06. The zero-order valence-electron chi connectivity index (χ0n) is 10.3. The lowest BCUT2D eigenvalue weighted by Crippen LogP contribution is -2.31. The van der Waals surface area contributed by atoms with Crippen LogP contribution in [0.15, 0.2) is 5.38 Å². The smallest absolute Gasteiger partial charge is 0.294 e. The van der Waals surface area contributed by atoms with Gasteiger partial charge in [0.25, 0.3) is 5.91 Å². The molecule has 3 N–H and O–H groups in total. The third-order valence-corrected chi connectivity index (χ3v) is 4.15. The minimum Gasteiger partial charge on any atom is -0.297 e. The Kier molecular flexibility index (Phi) is 5.90. The van der Waals surface area contributed by atoms with Crippen LogP contribution in [0.3, 0.4) is 0 Å². The molecule has 1 heterocycles. The third-order valence-electron chi connectivity index (χ3n) is 2.45. The molecule has 0 radical (unpaired) electrons. The van der Waals surface area contributed by atoms with Crippen molar-refractivity contribution in [3.63, 3.8) is 0 Å². The van der Waals surface area contributed by atoms with Gasteiger partial charge in [-0.25, -0.2) is 10.8 Å². The van der Waals surface area contributed by atoms with E-state index in [1.54, 1.807) is 0 Å². The molecule has 1 atom stereocenters. The predicted octanol–water partition coefficient (Wildman–Crippen LogP) is 0.930. The first-order valence-corrected chi connectivity index (χ1v) is 7.50.